The molecule has 3 nitrogen and oxygen atoms in total. The molecule has 0 aromatic heterocycles. The van der Waals surface area contributed by atoms with Gasteiger partial charge in [0.1, 0.15) is 5.92 Å². The van der Waals surface area contributed by atoms with E-state index in [0.717, 1.165) is 12.8 Å². The molecule has 0 aromatic carbocycles. The molecule has 0 aromatic rings. The third-order valence-corrected chi connectivity index (χ3v) is 3.21. The Labute approximate surface area is 89.2 Å². The Bertz CT molecular complexity index is 317. The fourth-order valence-electron chi connectivity index (χ4n) is 2.31. The molecule has 0 bridgehead atoms. The molecule has 82 valence electrons. The number of carbonyl (C=O) groups is 3. The smallest absolute Gasteiger partial charge is 0.153 e. The van der Waals surface area contributed by atoms with Gasteiger partial charge < -0.3 is 0 Å². The van der Waals surface area contributed by atoms with Crippen molar-refractivity contribution in [3.8, 4) is 0 Å². The van der Waals surface area contributed by atoms with Crippen molar-refractivity contribution in [1.29, 1.82) is 0 Å². The van der Waals surface area contributed by atoms with Gasteiger partial charge in [-0.25, -0.2) is 0 Å². The van der Waals surface area contributed by atoms with Crippen molar-refractivity contribution < 1.29 is 14.4 Å². The van der Waals surface area contributed by atoms with Crippen molar-refractivity contribution in [2.45, 2.75) is 39.5 Å². The summed E-state index contributed by atoms with van der Waals surface area (Å²) in [5.74, 6) is -1.34. The largest absolute Gasteiger partial charge is 0.298 e. The van der Waals surface area contributed by atoms with Gasteiger partial charge in [0, 0.05) is 18.8 Å². The van der Waals surface area contributed by atoms with Gasteiger partial charge in [0.25, 0.3) is 0 Å². The summed E-state index contributed by atoms with van der Waals surface area (Å²) in [6.07, 6.45) is 2.45. The van der Waals surface area contributed by atoms with E-state index in [1.54, 1.807) is 0 Å². The predicted octanol–water partition coefficient (Wildman–Crippen LogP) is 1.54. The monoisotopic (exact) mass is 208 g/mol. The van der Waals surface area contributed by atoms with Gasteiger partial charge in [-0.2, -0.15) is 0 Å². The lowest BCUT2D eigenvalue weighted by Crippen LogP contribution is -2.42. The van der Waals surface area contributed by atoms with Crippen molar-refractivity contribution >= 4 is 17.3 Å². The molecule has 2 rings (SSSR count). The lowest BCUT2D eigenvalue weighted by molar-refractivity contribution is -0.145. The fraction of sp³-hybridized carbons (Fsp3) is 0.750. The maximum absolute atomic E-state index is 11.8. The van der Waals surface area contributed by atoms with Gasteiger partial charge in [-0.3, -0.25) is 14.4 Å². The van der Waals surface area contributed by atoms with Crippen LogP contribution in [0.4, 0.5) is 0 Å². The molecule has 0 radical (unpaired) electrons. The minimum absolute atomic E-state index is 0.00381. The predicted molar refractivity (Wildman–Crippen MR) is 54.3 cm³/mol. The third kappa shape index (κ3) is 2.01. The van der Waals surface area contributed by atoms with Gasteiger partial charge in [-0.15, -0.1) is 0 Å². The minimum atomic E-state index is -0.912. The summed E-state index contributed by atoms with van der Waals surface area (Å²) in [6, 6.07) is 0. The molecule has 0 amide bonds. The number of Topliss-reactive ketones (excluding diaryl/α,β-unsaturated/α-hetero) is 3. The van der Waals surface area contributed by atoms with Crippen LogP contribution in [-0.2, 0) is 14.4 Å². The lowest BCUT2D eigenvalue weighted by atomic mass is 9.70. The van der Waals surface area contributed by atoms with Crippen molar-refractivity contribution in [2.24, 2.45) is 17.3 Å². The van der Waals surface area contributed by atoms with E-state index in [1.165, 1.54) is 0 Å². The molecule has 2 fully saturated rings. The summed E-state index contributed by atoms with van der Waals surface area (Å²) in [6.45, 7) is 3.81. The van der Waals surface area contributed by atoms with Crippen LogP contribution in [0.5, 0.6) is 0 Å². The molecule has 2 saturated carbocycles. The van der Waals surface area contributed by atoms with Crippen LogP contribution >= 0.6 is 0 Å². The highest BCUT2D eigenvalue weighted by Crippen LogP contribution is 2.39. The SMILES string of the molecule is CC1(C)CC(=O)C(C(=O)C2CC2)C(=O)C1. The summed E-state index contributed by atoms with van der Waals surface area (Å²) < 4.78 is 0. The lowest BCUT2D eigenvalue weighted by Gasteiger charge is -2.31. The Balaban J connectivity index is 2.15. The average Bonchev–Trinajstić information content (AvgIpc) is 2.80. The molecule has 0 N–H and O–H groups in total. The normalized spacial score (nSPS) is 26.8. The Morgan fingerprint density at radius 2 is 1.60 bits per heavy atom. The average molecular weight is 208 g/mol. The molecule has 3 heteroatoms. The highest BCUT2D eigenvalue weighted by molar-refractivity contribution is 6.21. The molecular weight excluding hydrogens is 192 g/mol. The highest BCUT2D eigenvalue weighted by Gasteiger charge is 2.47. The van der Waals surface area contributed by atoms with E-state index in [1.807, 2.05) is 13.8 Å². The van der Waals surface area contributed by atoms with Crippen LogP contribution in [0.3, 0.4) is 0 Å². The Kier molecular flexibility index (Phi) is 2.28. The molecule has 0 aliphatic heterocycles. The molecule has 15 heavy (non-hydrogen) atoms. The van der Waals surface area contributed by atoms with Crippen molar-refractivity contribution in [1.82, 2.24) is 0 Å². The van der Waals surface area contributed by atoms with Gasteiger partial charge in [0.15, 0.2) is 17.3 Å². The molecule has 0 atom stereocenters. The van der Waals surface area contributed by atoms with Crippen LogP contribution in [-0.4, -0.2) is 17.3 Å². The van der Waals surface area contributed by atoms with E-state index in [-0.39, 0.29) is 28.7 Å². The first-order chi connectivity index (χ1) is 6.91. The molecule has 2 aliphatic carbocycles. The number of hydrogen-bond acceptors (Lipinski definition) is 3. The number of ketones is 3. The number of rotatable bonds is 2. The van der Waals surface area contributed by atoms with Crippen molar-refractivity contribution in [3.63, 3.8) is 0 Å². The van der Waals surface area contributed by atoms with E-state index in [2.05, 4.69) is 0 Å². The molecular formula is C12H16O3. The first-order valence-electron chi connectivity index (χ1n) is 5.50. The van der Waals surface area contributed by atoms with Crippen LogP contribution in [0.15, 0.2) is 0 Å². The number of hydrogen-bond donors (Lipinski definition) is 0. The molecule has 0 saturated heterocycles. The van der Waals surface area contributed by atoms with E-state index >= 15 is 0 Å². The highest BCUT2D eigenvalue weighted by atomic mass is 16.2. The number of carbonyl (C=O) groups excluding carboxylic acids is 3. The van der Waals surface area contributed by atoms with Crippen LogP contribution < -0.4 is 0 Å². The quantitative estimate of drug-likeness (QED) is 0.647. The Morgan fingerprint density at radius 1 is 1.13 bits per heavy atom. The summed E-state index contributed by atoms with van der Waals surface area (Å²) in [5.41, 5.74) is -0.255. The standard InChI is InChI=1S/C12H16O3/c1-12(2)5-8(13)10(9(14)6-12)11(15)7-3-4-7/h7,10H,3-6H2,1-2H3. The summed E-state index contributed by atoms with van der Waals surface area (Å²) in [5, 5.41) is 0. The summed E-state index contributed by atoms with van der Waals surface area (Å²) in [4.78, 5) is 35.3. The van der Waals surface area contributed by atoms with E-state index in [4.69, 9.17) is 0 Å². The van der Waals surface area contributed by atoms with Gasteiger partial charge >= 0.3 is 0 Å². The molecule has 0 spiro atoms. The summed E-state index contributed by atoms with van der Waals surface area (Å²) >= 11 is 0. The molecule has 2 aliphatic rings. The zero-order valence-corrected chi connectivity index (χ0v) is 9.21. The van der Waals surface area contributed by atoms with Gasteiger partial charge in [-0.05, 0) is 18.3 Å². The maximum Gasteiger partial charge on any atom is 0.153 e. The Morgan fingerprint density at radius 3 is 2.00 bits per heavy atom. The second kappa shape index (κ2) is 3.26. The molecule has 0 unspecified atom stereocenters. The second-order valence-corrected chi connectivity index (χ2v) is 5.56. The first kappa shape index (κ1) is 10.5. The zero-order valence-electron chi connectivity index (χ0n) is 9.21. The fourth-order valence-corrected chi connectivity index (χ4v) is 2.31. The first-order valence-corrected chi connectivity index (χ1v) is 5.50. The third-order valence-electron chi connectivity index (χ3n) is 3.21. The Hall–Kier alpha value is -0.990. The van der Waals surface area contributed by atoms with Gasteiger partial charge in [0.05, 0.1) is 0 Å². The van der Waals surface area contributed by atoms with Crippen molar-refractivity contribution in [3.05, 3.63) is 0 Å². The van der Waals surface area contributed by atoms with Crippen LogP contribution in [0, 0.1) is 17.3 Å². The van der Waals surface area contributed by atoms with E-state index in [0.29, 0.717) is 12.8 Å². The van der Waals surface area contributed by atoms with Gasteiger partial charge in [-0.1, -0.05) is 13.8 Å². The van der Waals surface area contributed by atoms with Crippen molar-refractivity contribution in [2.75, 3.05) is 0 Å². The summed E-state index contributed by atoms with van der Waals surface area (Å²) in [7, 11) is 0. The van der Waals surface area contributed by atoms with Crippen LogP contribution in [0.25, 0.3) is 0 Å². The van der Waals surface area contributed by atoms with E-state index in [9.17, 15) is 14.4 Å². The second-order valence-electron chi connectivity index (χ2n) is 5.56. The van der Waals surface area contributed by atoms with Crippen LogP contribution in [0.1, 0.15) is 39.5 Å². The van der Waals surface area contributed by atoms with E-state index < -0.39 is 5.92 Å². The topological polar surface area (TPSA) is 51.2 Å². The zero-order chi connectivity index (χ0) is 11.2. The maximum atomic E-state index is 11.8. The van der Waals surface area contributed by atoms with Gasteiger partial charge in [0.2, 0.25) is 0 Å². The molecule has 0 heterocycles. The minimum Gasteiger partial charge on any atom is -0.298 e. The van der Waals surface area contributed by atoms with Crippen LogP contribution in [0.2, 0.25) is 0 Å².